The van der Waals surface area contributed by atoms with Crippen LogP contribution in [0, 0.1) is 0 Å². The molecule has 0 radical (unpaired) electrons. The molecule has 1 atom stereocenters. The number of pyridine rings is 1. The first-order chi connectivity index (χ1) is 10.7. The number of nitrogens with zero attached hydrogens (tertiary/aromatic N) is 3. The minimum Gasteiger partial charge on any atom is -0.372 e. The fourth-order valence-electron chi connectivity index (χ4n) is 2.31. The molecular weight excluding hydrogens is 335 g/mol. The van der Waals surface area contributed by atoms with Crippen molar-refractivity contribution < 1.29 is 22.7 Å². The number of carbonyl (C=O) groups is 1. The molecule has 1 aliphatic heterocycles. The number of halogens is 4. The number of carbonyl (C=O) groups excluding carboxylic acids is 1. The van der Waals surface area contributed by atoms with Gasteiger partial charge in [0, 0.05) is 39.5 Å². The molecule has 1 aromatic heterocycles. The molecule has 0 aromatic carbocycles. The van der Waals surface area contributed by atoms with E-state index in [1.54, 1.807) is 16.7 Å². The maximum Gasteiger partial charge on any atom is 0.417 e. The summed E-state index contributed by atoms with van der Waals surface area (Å²) in [4.78, 5) is 19.3. The Bertz CT molecular complexity index is 575. The van der Waals surface area contributed by atoms with Crippen molar-refractivity contribution in [3.05, 3.63) is 22.8 Å². The van der Waals surface area contributed by atoms with Crippen LogP contribution < -0.4 is 4.90 Å². The summed E-state index contributed by atoms with van der Waals surface area (Å²) in [5.41, 5.74) is -0.881. The van der Waals surface area contributed by atoms with E-state index in [1.807, 2.05) is 0 Å². The van der Waals surface area contributed by atoms with Crippen LogP contribution in [0.1, 0.15) is 12.5 Å². The molecule has 0 aliphatic carbocycles. The Balaban J connectivity index is 2.05. The molecule has 1 aromatic rings. The highest BCUT2D eigenvalue weighted by atomic mass is 35.5. The number of methoxy groups -OCH3 is 1. The Kier molecular flexibility index (Phi) is 5.36. The van der Waals surface area contributed by atoms with Crippen molar-refractivity contribution in [1.29, 1.82) is 0 Å². The topological polar surface area (TPSA) is 45.7 Å². The monoisotopic (exact) mass is 351 g/mol. The van der Waals surface area contributed by atoms with Crippen molar-refractivity contribution in [1.82, 2.24) is 9.88 Å². The molecule has 2 heterocycles. The van der Waals surface area contributed by atoms with E-state index < -0.39 is 17.8 Å². The number of anilines is 1. The van der Waals surface area contributed by atoms with E-state index >= 15 is 0 Å². The normalized spacial score (nSPS) is 17.3. The highest BCUT2D eigenvalue weighted by Crippen LogP contribution is 2.33. The van der Waals surface area contributed by atoms with Crippen LogP contribution in [-0.2, 0) is 15.7 Å². The Morgan fingerprint density at radius 2 is 1.96 bits per heavy atom. The van der Waals surface area contributed by atoms with Crippen LogP contribution >= 0.6 is 11.6 Å². The van der Waals surface area contributed by atoms with Crippen molar-refractivity contribution >= 4 is 23.3 Å². The van der Waals surface area contributed by atoms with Crippen LogP contribution in [0.5, 0.6) is 0 Å². The fraction of sp³-hybridized carbons (Fsp3) is 0.571. The van der Waals surface area contributed by atoms with Crippen LogP contribution in [-0.4, -0.2) is 55.2 Å². The van der Waals surface area contributed by atoms with Crippen LogP contribution in [0.2, 0.25) is 5.02 Å². The number of amides is 1. The summed E-state index contributed by atoms with van der Waals surface area (Å²) >= 11 is 5.94. The van der Waals surface area contributed by atoms with Gasteiger partial charge >= 0.3 is 6.18 Å². The zero-order chi connectivity index (χ0) is 17.2. The third kappa shape index (κ3) is 4.06. The second-order valence-electron chi connectivity index (χ2n) is 5.22. The van der Waals surface area contributed by atoms with Crippen LogP contribution in [0.4, 0.5) is 19.0 Å². The maximum absolute atomic E-state index is 12.6. The Morgan fingerprint density at radius 3 is 2.43 bits per heavy atom. The zero-order valence-corrected chi connectivity index (χ0v) is 13.5. The number of hydrogen-bond donors (Lipinski definition) is 0. The summed E-state index contributed by atoms with van der Waals surface area (Å²) in [7, 11) is 1.46. The van der Waals surface area contributed by atoms with Gasteiger partial charge in [-0.2, -0.15) is 13.2 Å². The molecule has 0 saturated carbocycles. The van der Waals surface area contributed by atoms with Crippen molar-refractivity contribution in [2.75, 3.05) is 38.2 Å². The smallest absolute Gasteiger partial charge is 0.372 e. The van der Waals surface area contributed by atoms with Gasteiger partial charge < -0.3 is 14.5 Å². The first kappa shape index (κ1) is 17.8. The predicted molar refractivity (Wildman–Crippen MR) is 79.5 cm³/mol. The molecule has 0 N–H and O–H groups in total. The van der Waals surface area contributed by atoms with E-state index in [4.69, 9.17) is 16.3 Å². The average molecular weight is 352 g/mol. The van der Waals surface area contributed by atoms with Gasteiger partial charge in [-0.15, -0.1) is 0 Å². The number of ether oxygens (including phenoxy) is 1. The SMILES string of the molecule is COC(C)C(=O)N1CCN(c2ncc(C(F)(F)F)cc2Cl)CC1. The van der Waals surface area contributed by atoms with Crippen LogP contribution in [0.15, 0.2) is 12.3 Å². The summed E-state index contributed by atoms with van der Waals surface area (Å²) in [5, 5.41) is -0.0511. The summed E-state index contributed by atoms with van der Waals surface area (Å²) in [5.74, 6) is 0.185. The summed E-state index contributed by atoms with van der Waals surface area (Å²) in [6.45, 7) is 3.43. The minimum absolute atomic E-state index is 0.0511. The molecule has 9 heteroatoms. The molecule has 1 saturated heterocycles. The molecule has 1 fully saturated rings. The second kappa shape index (κ2) is 6.92. The lowest BCUT2D eigenvalue weighted by atomic mass is 10.2. The molecule has 0 bridgehead atoms. The van der Waals surface area contributed by atoms with E-state index in [0.29, 0.717) is 32.0 Å². The molecule has 1 unspecified atom stereocenters. The van der Waals surface area contributed by atoms with Gasteiger partial charge in [0.1, 0.15) is 11.9 Å². The molecule has 0 spiro atoms. The van der Waals surface area contributed by atoms with Gasteiger partial charge in [0.05, 0.1) is 10.6 Å². The van der Waals surface area contributed by atoms with Crippen molar-refractivity contribution in [3.63, 3.8) is 0 Å². The van der Waals surface area contributed by atoms with Crippen molar-refractivity contribution in [3.8, 4) is 0 Å². The number of aromatic nitrogens is 1. The van der Waals surface area contributed by atoms with E-state index in [2.05, 4.69) is 4.98 Å². The molecule has 128 valence electrons. The average Bonchev–Trinajstić information content (AvgIpc) is 2.52. The molecule has 23 heavy (non-hydrogen) atoms. The highest BCUT2D eigenvalue weighted by molar-refractivity contribution is 6.33. The van der Waals surface area contributed by atoms with Crippen LogP contribution in [0.25, 0.3) is 0 Å². The maximum atomic E-state index is 12.6. The Labute approximate surface area is 137 Å². The molecular formula is C14H17ClF3N3O2. The van der Waals surface area contributed by atoms with E-state index in [-0.39, 0.29) is 10.9 Å². The van der Waals surface area contributed by atoms with Gasteiger partial charge in [0.15, 0.2) is 0 Å². The quantitative estimate of drug-likeness (QED) is 0.839. The zero-order valence-electron chi connectivity index (χ0n) is 12.7. The second-order valence-corrected chi connectivity index (χ2v) is 5.62. The van der Waals surface area contributed by atoms with Gasteiger partial charge in [0.2, 0.25) is 0 Å². The van der Waals surface area contributed by atoms with Gasteiger partial charge in [-0.25, -0.2) is 4.98 Å². The minimum atomic E-state index is -4.48. The summed E-state index contributed by atoms with van der Waals surface area (Å²) < 4.78 is 42.9. The van der Waals surface area contributed by atoms with Crippen LogP contribution in [0.3, 0.4) is 0 Å². The number of hydrogen-bond acceptors (Lipinski definition) is 4. The number of alkyl halides is 3. The van der Waals surface area contributed by atoms with Crippen molar-refractivity contribution in [2.24, 2.45) is 0 Å². The lowest BCUT2D eigenvalue weighted by molar-refractivity contribution is -0.141. The molecule has 1 amide bonds. The highest BCUT2D eigenvalue weighted by Gasteiger charge is 2.32. The van der Waals surface area contributed by atoms with Crippen molar-refractivity contribution in [2.45, 2.75) is 19.2 Å². The van der Waals surface area contributed by atoms with E-state index in [9.17, 15) is 18.0 Å². The summed E-state index contributed by atoms with van der Waals surface area (Å²) in [6.07, 6.45) is -4.23. The van der Waals surface area contributed by atoms with Gasteiger partial charge in [0.25, 0.3) is 5.91 Å². The largest absolute Gasteiger partial charge is 0.417 e. The Morgan fingerprint density at radius 1 is 1.35 bits per heavy atom. The molecule has 1 aliphatic rings. The van der Waals surface area contributed by atoms with E-state index in [1.165, 1.54) is 7.11 Å². The van der Waals surface area contributed by atoms with Gasteiger partial charge in [-0.3, -0.25) is 4.79 Å². The third-order valence-electron chi connectivity index (χ3n) is 3.74. The van der Waals surface area contributed by atoms with E-state index in [0.717, 1.165) is 12.3 Å². The van der Waals surface area contributed by atoms with Gasteiger partial charge in [-0.1, -0.05) is 11.6 Å². The summed E-state index contributed by atoms with van der Waals surface area (Å²) in [6, 6.07) is 0.869. The lowest BCUT2D eigenvalue weighted by Crippen LogP contribution is -2.51. The Hall–Kier alpha value is -1.54. The number of rotatable bonds is 3. The first-order valence-corrected chi connectivity index (χ1v) is 7.41. The fourth-order valence-corrected chi connectivity index (χ4v) is 2.60. The predicted octanol–water partition coefficient (Wildman–Crippen LogP) is 2.44. The van der Waals surface area contributed by atoms with Gasteiger partial charge in [-0.05, 0) is 13.0 Å². The standard InChI is InChI=1S/C14H17ClF3N3O2/c1-9(23-2)13(22)21-5-3-20(4-6-21)12-11(15)7-10(8-19-12)14(16,17)18/h7-9H,3-6H2,1-2H3. The molecule has 5 nitrogen and oxygen atoms in total. The first-order valence-electron chi connectivity index (χ1n) is 7.03. The molecule has 2 rings (SSSR count). The number of piperazine rings is 1. The lowest BCUT2D eigenvalue weighted by Gasteiger charge is -2.36. The third-order valence-corrected chi connectivity index (χ3v) is 4.02.